The van der Waals surface area contributed by atoms with Crippen LogP contribution in [0.3, 0.4) is 0 Å². The smallest absolute Gasteiger partial charge is 0.224 e. The van der Waals surface area contributed by atoms with Crippen LogP contribution in [-0.4, -0.2) is 25.2 Å². The maximum atomic E-state index is 10.8. The molecule has 2 heterocycles. The number of aromatic nitrogens is 1. The van der Waals surface area contributed by atoms with Gasteiger partial charge in [0.1, 0.15) is 5.15 Å². The van der Waals surface area contributed by atoms with Crippen molar-refractivity contribution >= 4 is 69.0 Å². The average molecular weight is 445 g/mol. The van der Waals surface area contributed by atoms with Gasteiger partial charge in [-0.05, 0) is 35.6 Å². The number of fused-ring (bicyclic) bond motifs is 1. The van der Waals surface area contributed by atoms with E-state index in [2.05, 4.69) is 0 Å². The van der Waals surface area contributed by atoms with E-state index in [-0.39, 0.29) is 12.6 Å². The van der Waals surface area contributed by atoms with Crippen molar-refractivity contribution in [1.82, 2.24) is 4.57 Å². The molecule has 0 amide bonds. The Kier molecular flexibility index (Phi) is 4.15. The van der Waals surface area contributed by atoms with Crippen molar-refractivity contribution in [3.05, 3.63) is 20.5 Å². The van der Waals surface area contributed by atoms with Gasteiger partial charge in [-0.1, -0.05) is 46.4 Å². The Labute approximate surface area is 138 Å². The van der Waals surface area contributed by atoms with Crippen LogP contribution < -0.4 is 0 Å². The van der Waals surface area contributed by atoms with Crippen molar-refractivity contribution < 1.29 is 10.2 Å². The number of nitrogens with zero attached hydrogens (tertiary/aromatic N) is 1. The molecule has 0 aliphatic carbocycles. The third-order valence-electron chi connectivity index (χ3n) is 3.48. The fourth-order valence-electron chi connectivity index (χ4n) is 2.52. The summed E-state index contributed by atoms with van der Waals surface area (Å²) in [4.78, 5) is 0. The van der Waals surface area contributed by atoms with Crippen LogP contribution in [-0.2, 0) is 5.60 Å². The minimum absolute atomic E-state index is 0.262. The van der Waals surface area contributed by atoms with E-state index in [0.29, 0.717) is 10.8 Å². The summed E-state index contributed by atoms with van der Waals surface area (Å²) in [5.74, 6) is -0.630. The second-order valence-electron chi connectivity index (χ2n) is 4.33. The fourth-order valence-corrected chi connectivity index (χ4v) is 4.09. The van der Waals surface area contributed by atoms with Gasteiger partial charge in [-0.15, -0.1) is 0 Å². The Morgan fingerprint density at radius 2 is 2.06 bits per heavy atom. The number of halogens is 5. The molecule has 2 N–H and O–H groups in total. The van der Waals surface area contributed by atoms with Crippen LogP contribution in [0.2, 0.25) is 5.15 Å². The van der Waals surface area contributed by atoms with Crippen LogP contribution in [0.15, 0.2) is 6.07 Å². The lowest BCUT2D eigenvalue weighted by Crippen LogP contribution is -2.46. The van der Waals surface area contributed by atoms with Crippen LogP contribution in [0.1, 0.15) is 18.7 Å². The molecule has 1 aromatic heterocycles. The summed E-state index contributed by atoms with van der Waals surface area (Å²) in [7, 11) is 0. The summed E-state index contributed by atoms with van der Waals surface area (Å²) in [5, 5.41) is 20.8. The Hall–Kier alpha value is 1.09. The minimum Gasteiger partial charge on any atom is -0.396 e. The largest absolute Gasteiger partial charge is 0.396 e. The molecule has 1 aromatic rings. The summed E-state index contributed by atoms with van der Waals surface area (Å²) in [6, 6.07) is 1.42. The summed E-state index contributed by atoms with van der Waals surface area (Å²) < 4.78 is 0.514. The molecule has 0 saturated carbocycles. The number of aliphatic hydroxyl groups excluding tert-OH is 1. The average Bonchev–Trinajstić information content (AvgIpc) is 2.64. The van der Waals surface area contributed by atoms with Crippen molar-refractivity contribution in [3.63, 3.8) is 0 Å². The number of hydrogen-bond acceptors (Lipinski definition) is 2. The Bertz CT molecular complexity index is 487. The van der Waals surface area contributed by atoms with Crippen molar-refractivity contribution in [2.24, 2.45) is 5.92 Å². The van der Waals surface area contributed by atoms with Gasteiger partial charge in [-0.25, -0.2) is 0 Å². The lowest BCUT2D eigenvalue weighted by Gasteiger charge is -2.36. The SMILES string of the molecule is C[C@@H]1[C@@H](CO)[C@](O)(C(Cl)(Cl)Cl)c2cc(I)c(Cl)n21. The number of rotatable bonds is 1. The molecule has 0 bridgehead atoms. The molecule has 0 fully saturated rings. The molecule has 0 saturated heterocycles. The van der Waals surface area contributed by atoms with E-state index in [9.17, 15) is 10.2 Å². The Balaban J connectivity index is 2.71. The zero-order valence-electron chi connectivity index (χ0n) is 9.17. The highest BCUT2D eigenvalue weighted by Gasteiger charge is 2.61. The van der Waals surface area contributed by atoms with E-state index in [1.54, 1.807) is 10.6 Å². The molecule has 2 rings (SSSR count). The van der Waals surface area contributed by atoms with Crippen LogP contribution in [0.25, 0.3) is 0 Å². The van der Waals surface area contributed by atoms with E-state index in [4.69, 9.17) is 46.4 Å². The third kappa shape index (κ3) is 1.91. The summed E-state index contributed by atoms with van der Waals surface area (Å²) in [5.41, 5.74) is -1.35. The van der Waals surface area contributed by atoms with Crippen molar-refractivity contribution in [2.75, 3.05) is 6.61 Å². The molecule has 1 aliphatic heterocycles. The summed E-state index contributed by atoms with van der Waals surface area (Å²) >= 11 is 26.0. The highest BCUT2D eigenvalue weighted by atomic mass is 127. The van der Waals surface area contributed by atoms with Crippen molar-refractivity contribution in [1.29, 1.82) is 0 Å². The van der Waals surface area contributed by atoms with Gasteiger partial charge in [-0.2, -0.15) is 0 Å². The molecular formula is C10H10Cl4INO2. The first-order valence-electron chi connectivity index (χ1n) is 5.13. The lowest BCUT2D eigenvalue weighted by atomic mass is 9.85. The molecule has 8 heteroatoms. The lowest BCUT2D eigenvalue weighted by molar-refractivity contribution is -0.0376. The van der Waals surface area contributed by atoms with Crippen LogP contribution >= 0.6 is 69.0 Å². The maximum Gasteiger partial charge on any atom is 0.224 e. The molecule has 1 aliphatic rings. The van der Waals surface area contributed by atoms with Gasteiger partial charge in [-0.3, -0.25) is 0 Å². The van der Waals surface area contributed by atoms with Gasteiger partial charge in [0.2, 0.25) is 3.79 Å². The van der Waals surface area contributed by atoms with E-state index in [0.717, 1.165) is 3.57 Å². The van der Waals surface area contributed by atoms with Crippen LogP contribution in [0.4, 0.5) is 0 Å². The highest BCUT2D eigenvalue weighted by molar-refractivity contribution is 14.1. The molecule has 3 nitrogen and oxygen atoms in total. The van der Waals surface area contributed by atoms with Gasteiger partial charge in [0.25, 0.3) is 0 Å². The van der Waals surface area contributed by atoms with Crippen molar-refractivity contribution in [3.8, 4) is 0 Å². The second kappa shape index (κ2) is 4.83. The van der Waals surface area contributed by atoms with Crippen LogP contribution in [0.5, 0.6) is 0 Å². The Morgan fingerprint density at radius 3 is 2.50 bits per heavy atom. The maximum absolute atomic E-state index is 10.8. The standard InChI is InChI=1S/C10H10Cl4INO2/c1-4-5(3-17)9(18,10(12,13)14)7-2-6(15)8(11)16(4)7/h2,4-5,17-18H,3H2,1H3/t4-,5-,9-/m1/s1. The van der Waals surface area contributed by atoms with Gasteiger partial charge in [0.15, 0.2) is 5.60 Å². The van der Waals surface area contributed by atoms with E-state index in [1.165, 1.54) is 0 Å². The van der Waals surface area contributed by atoms with E-state index in [1.807, 2.05) is 29.5 Å². The molecule has 0 radical (unpaired) electrons. The van der Waals surface area contributed by atoms with Crippen LogP contribution in [0, 0.1) is 9.49 Å². The molecule has 0 aromatic carbocycles. The van der Waals surface area contributed by atoms with Crippen molar-refractivity contribution in [2.45, 2.75) is 22.4 Å². The van der Waals surface area contributed by atoms with Gasteiger partial charge in [0, 0.05) is 12.0 Å². The molecule has 0 unspecified atom stereocenters. The number of aliphatic hydroxyl groups is 2. The summed E-state index contributed by atoms with van der Waals surface area (Å²) in [6.07, 6.45) is 0. The highest BCUT2D eigenvalue weighted by Crippen LogP contribution is 2.58. The molecule has 0 spiro atoms. The first kappa shape index (κ1) is 15.5. The third-order valence-corrected chi connectivity index (χ3v) is 5.87. The molecule has 18 heavy (non-hydrogen) atoms. The van der Waals surface area contributed by atoms with E-state index < -0.39 is 15.3 Å². The molecule has 102 valence electrons. The first-order valence-corrected chi connectivity index (χ1v) is 7.72. The molecule has 3 atom stereocenters. The normalized spacial score (nSPS) is 31.8. The minimum atomic E-state index is -1.95. The van der Waals surface area contributed by atoms with Gasteiger partial charge in [0.05, 0.1) is 15.9 Å². The zero-order chi connectivity index (χ0) is 13.9. The topological polar surface area (TPSA) is 45.4 Å². The number of hydrogen-bond donors (Lipinski definition) is 2. The fraction of sp³-hybridized carbons (Fsp3) is 0.600. The first-order chi connectivity index (χ1) is 8.16. The van der Waals surface area contributed by atoms with E-state index >= 15 is 0 Å². The Morgan fingerprint density at radius 1 is 1.50 bits per heavy atom. The second-order valence-corrected chi connectivity index (χ2v) is 8.13. The summed E-state index contributed by atoms with van der Waals surface area (Å²) in [6.45, 7) is 1.51. The monoisotopic (exact) mass is 443 g/mol. The number of alkyl halides is 3. The molecular weight excluding hydrogens is 435 g/mol. The predicted octanol–water partition coefficient (Wildman–Crippen LogP) is 3.49. The zero-order valence-corrected chi connectivity index (χ0v) is 14.4. The van der Waals surface area contributed by atoms with Gasteiger partial charge >= 0.3 is 0 Å². The predicted molar refractivity (Wildman–Crippen MR) is 81.6 cm³/mol. The van der Waals surface area contributed by atoms with Gasteiger partial charge < -0.3 is 14.8 Å². The quantitative estimate of drug-likeness (QED) is 0.514.